The summed E-state index contributed by atoms with van der Waals surface area (Å²) in [6, 6.07) is 0. The summed E-state index contributed by atoms with van der Waals surface area (Å²) in [5, 5.41) is 1.33. The lowest BCUT2D eigenvalue weighted by Crippen LogP contribution is -2.24. The number of rotatable bonds is 25. The third kappa shape index (κ3) is 23.9. The van der Waals surface area contributed by atoms with Gasteiger partial charge in [0, 0.05) is 13.5 Å². The Hall–Kier alpha value is -0.570. The highest BCUT2D eigenvalue weighted by Crippen LogP contribution is 2.15. The lowest BCUT2D eigenvalue weighted by atomic mass is 10.0. The van der Waals surface area contributed by atoms with E-state index in [-0.39, 0.29) is 5.91 Å². The predicted molar refractivity (Wildman–Crippen MR) is 136 cm³/mol. The van der Waals surface area contributed by atoms with E-state index in [1.165, 1.54) is 153 Å². The third-order valence-corrected chi connectivity index (χ3v) is 6.62. The van der Waals surface area contributed by atoms with Crippen molar-refractivity contribution < 1.29 is 9.63 Å². The van der Waals surface area contributed by atoms with Crippen LogP contribution in [0.2, 0.25) is 0 Å². The molecule has 0 bridgehead atoms. The molecular weight excluding hydrogens is 382 g/mol. The van der Waals surface area contributed by atoms with Crippen LogP contribution in [-0.2, 0) is 9.63 Å². The van der Waals surface area contributed by atoms with E-state index in [0.29, 0.717) is 6.42 Å². The molecule has 0 heterocycles. The Morgan fingerprint density at radius 3 is 1.03 bits per heavy atom. The molecule has 0 aliphatic carbocycles. The van der Waals surface area contributed by atoms with Gasteiger partial charge < -0.3 is 0 Å². The molecule has 0 aliphatic rings. The van der Waals surface area contributed by atoms with Crippen molar-refractivity contribution in [2.75, 3.05) is 14.2 Å². The molecule has 186 valence electrons. The quantitative estimate of drug-likeness (QED) is 0.105. The van der Waals surface area contributed by atoms with E-state index >= 15 is 0 Å². The number of nitrogens with zero attached hydrogens (tertiary/aromatic N) is 1. The summed E-state index contributed by atoms with van der Waals surface area (Å²) in [4.78, 5) is 16.5. The Morgan fingerprint density at radius 1 is 0.516 bits per heavy atom. The molecule has 0 saturated carbocycles. The minimum absolute atomic E-state index is 0.0889. The lowest BCUT2D eigenvalue weighted by molar-refractivity contribution is -0.168. The molecule has 0 aromatic rings. The van der Waals surface area contributed by atoms with Crippen LogP contribution in [0.5, 0.6) is 0 Å². The monoisotopic (exact) mass is 439 g/mol. The highest BCUT2D eigenvalue weighted by molar-refractivity contribution is 5.74. The van der Waals surface area contributed by atoms with Crippen LogP contribution in [0.15, 0.2) is 0 Å². The first-order valence-electron chi connectivity index (χ1n) is 14.0. The van der Waals surface area contributed by atoms with Gasteiger partial charge in [-0.05, 0) is 6.42 Å². The molecule has 3 nitrogen and oxygen atoms in total. The van der Waals surface area contributed by atoms with Crippen molar-refractivity contribution in [3.05, 3.63) is 0 Å². The summed E-state index contributed by atoms with van der Waals surface area (Å²) < 4.78 is 0. The summed E-state index contributed by atoms with van der Waals surface area (Å²) in [7, 11) is 3.22. The van der Waals surface area contributed by atoms with Crippen LogP contribution in [0.1, 0.15) is 161 Å². The second kappa shape index (κ2) is 25.7. The first kappa shape index (κ1) is 30.4. The summed E-state index contributed by atoms with van der Waals surface area (Å²) in [5.74, 6) is 0.0889. The second-order valence-electron chi connectivity index (χ2n) is 9.60. The van der Waals surface area contributed by atoms with Crippen LogP contribution < -0.4 is 0 Å². The number of hydroxylamine groups is 2. The van der Waals surface area contributed by atoms with E-state index in [9.17, 15) is 4.79 Å². The Morgan fingerprint density at radius 2 is 0.774 bits per heavy atom. The molecule has 0 aliphatic heterocycles. The van der Waals surface area contributed by atoms with Crippen molar-refractivity contribution in [3.63, 3.8) is 0 Å². The zero-order valence-electron chi connectivity index (χ0n) is 21.7. The zero-order chi connectivity index (χ0) is 22.8. The summed E-state index contributed by atoms with van der Waals surface area (Å²) >= 11 is 0. The van der Waals surface area contributed by atoms with Gasteiger partial charge in [0.05, 0.1) is 7.11 Å². The molecule has 0 rings (SSSR count). The summed E-state index contributed by atoms with van der Waals surface area (Å²) in [5.41, 5.74) is 0. The smallest absolute Gasteiger partial charge is 0.245 e. The Balaban J connectivity index is 3.07. The molecule has 0 aromatic heterocycles. The maximum Gasteiger partial charge on any atom is 0.245 e. The fourth-order valence-electron chi connectivity index (χ4n) is 4.32. The van der Waals surface area contributed by atoms with E-state index in [1.807, 2.05) is 0 Å². The number of unbranched alkanes of at least 4 members (excludes halogenated alkanes) is 22. The van der Waals surface area contributed by atoms with Gasteiger partial charge in [-0.1, -0.05) is 148 Å². The molecule has 1 amide bonds. The normalized spacial score (nSPS) is 11.2. The maximum atomic E-state index is 11.6. The molecule has 0 atom stereocenters. The van der Waals surface area contributed by atoms with Crippen LogP contribution >= 0.6 is 0 Å². The minimum Gasteiger partial charge on any atom is -0.275 e. The second-order valence-corrected chi connectivity index (χ2v) is 9.60. The van der Waals surface area contributed by atoms with Gasteiger partial charge in [-0.25, -0.2) is 5.06 Å². The van der Waals surface area contributed by atoms with Gasteiger partial charge in [-0.2, -0.15) is 0 Å². The van der Waals surface area contributed by atoms with Gasteiger partial charge in [0.2, 0.25) is 5.91 Å². The molecule has 0 unspecified atom stereocenters. The average Bonchev–Trinajstić information content (AvgIpc) is 2.78. The minimum atomic E-state index is 0.0889. The SMILES string of the molecule is CCCCCCCCCCCCCCCCCCCCCCCCCC(=O)N(C)OC. The molecule has 0 N–H and O–H groups in total. The van der Waals surface area contributed by atoms with E-state index in [1.54, 1.807) is 7.05 Å². The van der Waals surface area contributed by atoms with E-state index in [4.69, 9.17) is 4.84 Å². The zero-order valence-corrected chi connectivity index (χ0v) is 21.7. The number of carbonyl (C=O) groups excluding carboxylic acids is 1. The third-order valence-electron chi connectivity index (χ3n) is 6.62. The van der Waals surface area contributed by atoms with Crippen LogP contribution in [0, 0.1) is 0 Å². The first-order valence-corrected chi connectivity index (χ1v) is 14.0. The van der Waals surface area contributed by atoms with Gasteiger partial charge in [-0.15, -0.1) is 0 Å². The Kier molecular flexibility index (Phi) is 25.2. The molecule has 31 heavy (non-hydrogen) atoms. The molecule has 0 fully saturated rings. The van der Waals surface area contributed by atoms with Crippen LogP contribution in [-0.4, -0.2) is 25.1 Å². The van der Waals surface area contributed by atoms with Crippen LogP contribution in [0.4, 0.5) is 0 Å². The number of amides is 1. The summed E-state index contributed by atoms with van der Waals surface area (Å²) in [6.45, 7) is 2.29. The standard InChI is InChI=1S/C28H57NO2/c1-4-5-6-7-8-9-10-11-12-13-14-15-16-17-18-19-20-21-22-23-24-25-26-27-28(30)29(2)31-3/h4-27H2,1-3H3. The summed E-state index contributed by atoms with van der Waals surface area (Å²) in [6.07, 6.45) is 32.7. The van der Waals surface area contributed by atoms with Gasteiger partial charge >= 0.3 is 0 Å². The van der Waals surface area contributed by atoms with Crippen molar-refractivity contribution >= 4 is 5.91 Å². The topological polar surface area (TPSA) is 29.5 Å². The van der Waals surface area contributed by atoms with Crippen LogP contribution in [0.3, 0.4) is 0 Å². The Bertz CT molecular complexity index is 359. The van der Waals surface area contributed by atoms with E-state index in [0.717, 1.165) is 6.42 Å². The largest absolute Gasteiger partial charge is 0.275 e. The molecule has 3 heteroatoms. The fourth-order valence-corrected chi connectivity index (χ4v) is 4.32. The molecule has 0 saturated heterocycles. The molecular formula is C28H57NO2. The van der Waals surface area contributed by atoms with Gasteiger partial charge in [0.25, 0.3) is 0 Å². The number of carbonyl (C=O) groups is 1. The van der Waals surface area contributed by atoms with Crippen molar-refractivity contribution in [1.29, 1.82) is 0 Å². The maximum absolute atomic E-state index is 11.6. The van der Waals surface area contributed by atoms with Gasteiger partial charge in [0.15, 0.2) is 0 Å². The average molecular weight is 440 g/mol. The van der Waals surface area contributed by atoms with Crippen molar-refractivity contribution in [1.82, 2.24) is 5.06 Å². The first-order chi connectivity index (χ1) is 15.2. The predicted octanol–water partition coefficient (Wildman–Crippen LogP) is 9.39. The number of hydrogen-bond donors (Lipinski definition) is 0. The molecule has 0 radical (unpaired) electrons. The molecule has 0 spiro atoms. The van der Waals surface area contributed by atoms with E-state index in [2.05, 4.69) is 6.92 Å². The number of hydrogen-bond acceptors (Lipinski definition) is 2. The van der Waals surface area contributed by atoms with Crippen molar-refractivity contribution in [3.8, 4) is 0 Å². The fraction of sp³-hybridized carbons (Fsp3) is 0.964. The lowest BCUT2D eigenvalue weighted by Gasteiger charge is -2.12. The van der Waals surface area contributed by atoms with Crippen LogP contribution in [0.25, 0.3) is 0 Å². The van der Waals surface area contributed by atoms with Gasteiger partial charge in [0.1, 0.15) is 0 Å². The highest BCUT2D eigenvalue weighted by atomic mass is 16.7. The molecule has 0 aromatic carbocycles. The highest BCUT2D eigenvalue weighted by Gasteiger charge is 2.06. The van der Waals surface area contributed by atoms with E-state index < -0.39 is 0 Å². The Labute approximate surface area is 196 Å². The van der Waals surface area contributed by atoms with Gasteiger partial charge in [-0.3, -0.25) is 9.63 Å². The van der Waals surface area contributed by atoms with Crippen molar-refractivity contribution in [2.45, 2.75) is 161 Å². The van der Waals surface area contributed by atoms with Crippen molar-refractivity contribution in [2.24, 2.45) is 0 Å².